The van der Waals surface area contributed by atoms with Crippen LogP contribution < -0.4 is 0 Å². The molecule has 10 heterocycles. The molecular formula is C84H67N25S. The summed E-state index contributed by atoms with van der Waals surface area (Å²) in [7, 11) is 0. The molecular weight excluding hydrogens is 1390 g/mol. The Morgan fingerprint density at radius 1 is 0.264 bits per heavy atom. The van der Waals surface area contributed by atoms with Crippen molar-refractivity contribution in [2.45, 2.75) is 83.1 Å². The topological polar surface area (TPSA) is 340 Å². The van der Waals surface area contributed by atoms with Gasteiger partial charge in [0.15, 0.2) is 73.1 Å². The number of nitrogens with one attached hydrogen (secondary N) is 1. The average molecular weight is 1460 g/mol. The Morgan fingerprint density at radius 2 is 0.518 bits per heavy atom. The summed E-state index contributed by atoms with van der Waals surface area (Å²) in [5.74, 6) is 5.89. The van der Waals surface area contributed by atoms with Crippen LogP contribution in [0.25, 0.3) is 107 Å². The van der Waals surface area contributed by atoms with Gasteiger partial charge in [-0.15, -0.1) is 0 Å². The molecule has 0 bridgehead atoms. The molecule has 534 valence electrons. The SMILES string of the molecule is Cc1ccc(-c2nc(C#N)c3[nH]c(=S)n(-c4ccccc4)c3n2)cc1.Cc1ccc(-c2nc(C#N)c3nc(C)n(-c4ccc(C)cc4)c3n2)cc1.Cc1ccc(-n2c(C)nc3c(C#N)nc(C)nc32)cc1.Cc1ccc(-n2c(C)nc3c(C#N)nc(C)nc32)cc1.Cc1nc(C#N)c2nc(C)n(-c3ccccc3)c2n1. The number of imidazole rings is 5. The summed E-state index contributed by atoms with van der Waals surface area (Å²) in [5.41, 5.74) is 19.9. The Morgan fingerprint density at radius 3 is 0.827 bits per heavy atom. The maximum absolute atomic E-state index is 9.57. The van der Waals surface area contributed by atoms with Gasteiger partial charge in [0.25, 0.3) is 0 Å². The van der Waals surface area contributed by atoms with Crippen LogP contribution in [0.4, 0.5) is 0 Å². The van der Waals surface area contributed by atoms with Crippen LogP contribution in [0.15, 0.2) is 182 Å². The largest absolute Gasteiger partial charge is 0.326 e. The molecule has 25 nitrogen and oxygen atoms in total. The van der Waals surface area contributed by atoms with Crippen molar-refractivity contribution >= 4 is 68.0 Å². The Kier molecular flexibility index (Phi) is 20.9. The number of aromatic nitrogens is 20. The molecule has 0 spiro atoms. The summed E-state index contributed by atoms with van der Waals surface area (Å²) in [6.07, 6.45) is 0. The number of H-pyrrole nitrogens is 1. The van der Waals surface area contributed by atoms with Crippen LogP contribution in [0.5, 0.6) is 0 Å². The maximum atomic E-state index is 9.57. The van der Waals surface area contributed by atoms with E-state index in [-0.39, 0.29) is 5.69 Å². The van der Waals surface area contributed by atoms with Crippen LogP contribution in [0.1, 0.15) is 97.1 Å². The van der Waals surface area contributed by atoms with Crippen LogP contribution in [0.3, 0.4) is 0 Å². The van der Waals surface area contributed by atoms with Crippen molar-refractivity contribution in [2.24, 2.45) is 0 Å². The van der Waals surface area contributed by atoms with Crippen molar-refractivity contribution in [3.05, 3.63) is 284 Å². The van der Waals surface area contributed by atoms with Crippen LogP contribution in [0.2, 0.25) is 0 Å². The first-order valence-corrected chi connectivity index (χ1v) is 35.0. The highest BCUT2D eigenvalue weighted by atomic mass is 32.1. The molecule has 10 aromatic heterocycles. The summed E-state index contributed by atoms with van der Waals surface area (Å²) in [5, 5.41) is 46.6. The number of nitriles is 5. The van der Waals surface area contributed by atoms with E-state index in [1.165, 1.54) is 16.7 Å². The zero-order valence-electron chi connectivity index (χ0n) is 62.0. The maximum Gasteiger partial charge on any atom is 0.184 e. The fourth-order valence-electron chi connectivity index (χ4n) is 12.3. The van der Waals surface area contributed by atoms with Crippen molar-refractivity contribution in [3.8, 4) is 81.6 Å². The lowest BCUT2D eigenvalue weighted by molar-refractivity contribution is 0.972. The highest BCUT2D eigenvalue weighted by molar-refractivity contribution is 7.71. The number of benzene rings is 7. The first-order valence-electron chi connectivity index (χ1n) is 34.6. The van der Waals surface area contributed by atoms with E-state index >= 15 is 0 Å². The van der Waals surface area contributed by atoms with Gasteiger partial charge in [-0.2, -0.15) is 26.3 Å². The minimum atomic E-state index is 0.279. The first kappa shape index (κ1) is 73.3. The number of para-hydroxylation sites is 2. The summed E-state index contributed by atoms with van der Waals surface area (Å²) >= 11 is 5.45. The van der Waals surface area contributed by atoms with Gasteiger partial charge in [-0.3, -0.25) is 22.8 Å². The second kappa shape index (κ2) is 31.3. The van der Waals surface area contributed by atoms with E-state index in [0.717, 1.165) is 74.0 Å². The van der Waals surface area contributed by atoms with Gasteiger partial charge < -0.3 is 4.98 Å². The third kappa shape index (κ3) is 15.0. The van der Waals surface area contributed by atoms with E-state index in [1.54, 1.807) is 20.8 Å². The van der Waals surface area contributed by atoms with Crippen molar-refractivity contribution in [1.82, 2.24) is 97.6 Å². The van der Waals surface area contributed by atoms with Crippen molar-refractivity contribution in [2.75, 3.05) is 0 Å². The molecule has 0 atom stereocenters. The minimum absolute atomic E-state index is 0.279. The molecule has 0 fully saturated rings. The Hall–Kier alpha value is -15.0. The van der Waals surface area contributed by atoms with Crippen molar-refractivity contribution in [1.29, 1.82) is 26.3 Å². The van der Waals surface area contributed by atoms with E-state index in [9.17, 15) is 21.0 Å². The third-order valence-corrected chi connectivity index (χ3v) is 17.9. The quantitative estimate of drug-likeness (QED) is 0.145. The lowest BCUT2D eigenvalue weighted by Crippen LogP contribution is -2.01. The fraction of sp³-hybridized carbons (Fsp3) is 0.143. The van der Waals surface area contributed by atoms with Crippen LogP contribution in [-0.2, 0) is 0 Å². The fourth-order valence-corrected chi connectivity index (χ4v) is 12.6. The molecule has 0 aliphatic carbocycles. The molecule has 0 unspecified atom stereocenters. The molecule has 110 heavy (non-hydrogen) atoms. The summed E-state index contributed by atoms with van der Waals surface area (Å²) < 4.78 is 10.1. The zero-order chi connectivity index (χ0) is 77.6. The Balaban J connectivity index is 0.000000122. The second-order valence-corrected chi connectivity index (χ2v) is 26.1. The molecule has 26 heteroatoms. The summed E-state index contributed by atoms with van der Waals surface area (Å²) in [4.78, 5) is 64.9. The molecule has 0 aliphatic rings. The molecule has 0 radical (unpaired) electrons. The van der Waals surface area contributed by atoms with Crippen molar-refractivity contribution < 1.29 is 0 Å². The normalized spacial score (nSPS) is 10.7. The molecule has 0 saturated carbocycles. The molecule has 17 aromatic rings. The molecule has 7 aromatic carbocycles. The first-order chi connectivity index (χ1) is 53.1. The minimum Gasteiger partial charge on any atom is -0.326 e. The predicted octanol–water partition coefficient (Wildman–Crippen LogP) is 16.1. The van der Waals surface area contributed by atoms with Gasteiger partial charge in [-0.25, -0.2) is 69.8 Å². The van der Waals surface area contributed by atoms with E-state index < -0.39 is 0 Å². The molecule has 17 rings (SSSR count). The molecule has 1 N–H and O–H groups in total. The number of aromatic amines is 1. The van der Waals surface area contributed by atoms with Crippen molar-refractivity contribution in [3.63, 3.8) is 0 Å². The zero-order valence-corrected chi connectivity index (χ0v) is 62.8. The number of nitrogens with zero attached hydrogens (tertiary/aromatic N) is 24. The Labute approximate surface area is 636 Å². The number of hydrogen-bond donors (Lipinski definition) is 1. The summed E-state index contributed by atoms with van der Waals surface area (Å²) in [6.45, 7) is 23.1. The van der Waals surface area contributed by atoms with Gasteiger partial charge in [0.1, 0.15) is 98.7 Å². The lowest BCUT2D eigenvalue weighted by atomic mass is 10.1. The monoisotopic (exact) mass is 1460 g/mol. The van der Waals surface area contributed by atoms with E-state index in [1.807, 2.05) is 267 Å². The van der Waals surface area contributed by atoms with Crippen LogP contribution in [0, 0.1) is 145 Å². The number of fused-ring (bicyclic) bond motifs is 5. The highest BCUT2D eigenvalue weighted by Gasteiger charge is 2.22. The van der Waals surface area contributed by atoms with Gasteiger partial charge in [0.05, 0.1) is 0 Å². The summed E-state index contributed by atoms with van der Waals surface area (Å²) in [6, 6.07) is 70.4. The second-order valence-electron chi connectivity index (χ2n) is 25.7. The van der Waals surface area contributed by atoms with Gasteiger partial charge >= 0.3 is 0 Å². The predicted molar refractivity (Wildman–Crippen MR) is 422 cm³/mol. The molecule has 0 saturated heterocycles. The number of hydrogen-bond acceptors (Lipinski definition) is 20. The van der Waals surface area contributed by atoms with E-state index in [4.69, 9.17) is 22.5 Å². The third-order valence-electron chi connectivity index (χ3n) is 17.6. The van der Waals surface area contributed by atoms with E-state index in [2.05, 4.69) is 100 Å². The average Bonchev–Trinajstić information content (AvgIpc) is 1.63. The van der Waals surface area contributed by atoms with Gasteiger partial charge in [0.2, 0.25) is 0 Å². The standard InChI is InChI=1S/C21H17N5.C19H13N5S.2C15H13N5.C14H11N5/c1-13-4-8-16(9-5-13)20-24-18(12-22)19-21(25-20)26(15(3)23-19)17-10-6-14(2)7-11-17;1-12-7-9-13(10-8-12)17-21-15(11-20)16-18(23-17)24(19(25)22-16)14-5-3-2-4-6-14;2*1-9-4-6-12(7-5-9)20-11(3)19-14-13(8-16)17-10(2)18-15(14)20;1-9-16-12(8-15)13-14(17-9)19(10(2)18-13)11-6-4-3-5-7-11/h4-11H,1-3H3;2-10H,1H3,(H,22,25);2*4-7H,1-3H3;3-7H,1-2H3. The van der Waals surface area contributed by atoms with Crippen LogP contribution in [-0.4, -0.2) is 97.6 Å². The van der Waals surface area contributed by atoms with Gasteiger partial charge in [-0.05, 0) is 156 Å². The smallest absolute Gasteiger partial charge is 0.184 e. The number of aryl methyl sites for hydroxylation is 12. The highest BCUT2D eigenvalue weighted by Crippen LogP contribution is 2.30. The lowest BCUT2D eigenvalue weighted by Gasteiger charge is -2.08. The van der Waals surface area contributed by atoms with Crippen LogP contribution >= 0.6 is 12.2 Å². The molecule has 0 amide bonds. The van der Waals surface area contributed by atoms with E-state index in [0.29, 0.717) is 112 Å². The van der Waals surface area contributed by atoms with Gasteiger partial charge in [-0.1, -0.05) is 149 Å². The molecule has 0 aliphatic heterocycles. The number of rotatable bonds is 7. The van der Waals surface area contributed by atoms with Gasteiger partial charge in [0, 0.05) is 39.6 Å². The Bertz CT molecular complexity index is 6510.